The number of likely N-dealkylation sites (tertiary alicyclic amines) is 1. The molecule has 0 radical (unpaired) electrons. The number of carbonyl (C=O) groups excluding carboxylic acids is 1. The second-order valence-corrected chi connectivity index (χ2v) is 5.63. The van der Waals surface area contributed by atoms with Crippen molar-refractivity contribution in [3.8, 4) is 0 Å². The molecule has 1 amide bonds. The van der Waals surface area contributed by atoms with Gasteiger partial charge in [0.2, 0.25) is 0 Å². The second kappa shape index (κ2) is 5.71. The monoisotopic (exact) mass is 311 g/mol. The fourth-order valence-corrected chi connectivity index (χ4v) is 2.66. The summed E-state index contributed by atoms with van der Waals surface area (Å²) in [5.74, 6) is -0.0969. The first kappa shape index (κ1) is 13.4. The van der Waals surface area contributed by atoms with E-state index in [1.54, 1.807) is 12.1 Å². The number of nitrogens with two attached hydrogens (primary N) is 1. The van der Waals surface area contributed by atoms with E-state index in [4.69, 9.17) is 5.73 Å². The Bertz CT molecular complexity index is 450. The molecule has 2 rings (SSSR count). The first-order valence-corrected chi connectivity index (χ1v) is 6.90. The first-order valence-electron chi connectivity index (χ1n) is 6.11. The van der Waals surface area contributed by atoms with Crippen LogP contribution in [-0.2, 0) is 0 Å². The molecule has 1 heterocycles. The maximum absolute atomic E-state index is 12.0. The highest BCUT2D eigenvalue weighted by atomic mass is 79.9. The molecular formula is C13H18BrN3O. The fourth-order valence-electron chi connectivity index (χ4n) is 2.28. The Morgan fingerprint density at radius 3 is 3.00 bits per heavy atom. The Balaban J connectivity index is 1.95. The highest BCUT2D eigenvalue weighted by Crippen LogP contribution is 2.19. The number of anilines is 1. The van der Waals surface area contributed by atoms with Gasteiger partial charge >= 0.3 is 0 Å². The lowest BCUT2D eigenvalue weighted by atomic mass is 10.1. The Morgan fingerprint density at radius 2 is 2.39 bits per heavy atom. The summed E-state index contributed by atoms with van der Waals surface area (Å²) in [6.07, 6.45) is 2.35. The molecule has 1 aliphatic rings. The topological polar surface area (TPSA) is 58.4 Å². The van der Waals surface area contributed by atoms with Crippen molar-refractivity contribution in [1.82, 2.24) is 10.2 Å². The van der Waals surface area contributed by atoms with Gasteiger partial charge in [-0.3, -0.25) is 4.79 Å². The molecule has 0 aromatic heterocycles. The number of hydrogen-bond donors (Lipinski definition) is 2. The van der Waals surface area contributed by atoms with E-state index in [0.717, 1.165) is 17.4 Å². The third-order valence-electron chi connectivity index (χ3n) is 3.43. The van der Waals surface area contributed by atoms with Gasteiger partial charge < -0.3 is 16.0 Å². The maximum Gasteiger partial charge on any atom is 0.253 e. The number of nitrogens with one attached hydrogen (secondary N) is 1. The van der Waals surface area contributed by atoms with Gasteiger partial charge in [0.25, 0.3) is 5.91 Å². The van der Waals surface area contributed by atoms with Crippen LogP contribution in [0, 0.1) is 0 Å². The van der Waals surface area contributed by atoms with Crippen molar-refractivity contribution in [2.24, 2.45) is 0 Å². The highest BCUT2D eigenvalue weighted by Gasteiger charge is 2.21. The highest BCUT2D eigenvalue weighted by molar-refractivity contribution is 9.10. The molecule has 0 aliphatic carbocycles. The van der Waals surface area contributed by atoms with Gasteiger partial charge in [-0.05, 0) is 44.6 Å². The maximum atomic E-state index is 12.0. The minimum Gasteiger partial charge on any atom is -0.398 e. The van der Waals surface area contributed by atoms with Crippen molar-refractivity contribution < 1.29 is 4.79 Å². The van der Waals surface area contributed by atoms with Crippen LogP contribution >= 0.6 is 15.9 Å². The van der Waals surface area contributed by atoms with Gasteiger partial charge in [-0.1, -0.05) is 15.9 Å². The average molecular weight is 312 g/mol. The van der Waals surface area contributed by atoms with Crippen LogP contribution in [0.4, 0.5) is 5.69 Å². The summed E-state index contributed by atoms with van der Waals surface area (Å²) in [5, 5.41) is 2.96. The van der Waals surface area contributed by atoms with E-state index in [2.05, 4.69) is 33.2 Å². The summed E-state index contributed by atoms with van der Waals surface area (Å²) in [6.45, 7) is 1.80. The molecule has 1 aromatic rings. The van der Waals surface area contributed by atoms with Gasteiger partial charge in [0.1, 0.15) is 0 Å². The minimum absolute atomic E-state index is 0.0969. The first-order chi connectivity index (χ1) is 8.58. The largest absolute Gasteiger partial charge is 0.398 e. The quantitative estimate of drug-likeness (QED) is 0.838. The predicted molar refractivity (Wildman–Crippen MR) is 76.5 cm³/mol. The molecule has 1 fully saturated rings. The third-order valence-corrected chi connectivity index (χ3v) is 3.92. The lowest BCUT2D eigenvalue weighted by molar-refractivity contribution is 0.0944. The standard InChI is InChI=1S/C13H18BrN3O/c1-17-6-2-3-10(17)8-16-13(18)11-5-4-9(14)7-12(11)15/h4-5,7,10H,2-3,6,8,15H2,1H3,(H,16,18). The van der Waals surface area contributed by atoms with Gasteiger partial charge in [0.05, 0.1) is 5.56 Å². The summed E-state index contributed by atoms with van der Waals surface area (Å²) in [6, 6.07) is 5.77. The van der Waals surface area contributed by atoms with E-state index < -0.39 is 0 Å². The molecule has 1 atom stereocenters. The normalized spacial score (nSPS) is 20.0. The van der Waals surface area contributed by atoms with Crippen LogP contribution < -0.4 is 11.1 Å². The molecule has 1 saturated heterocycles. The predicted octanol–water partition coefficient (Wildman–Crippen LogP) is 1.86. The molecule has 5 heteroatoms. The van der Waals surface area contributed by atoms with E-state index in [-0.39, 0.29) is 5.91 Å². The summed E-state index contributed by atoms with van der Waals surface area (Å²) in [5.41, 5.74) is 6.87. The minimum atomic E-state index is -0.0969. The number of halogens is 1. The number of benzene rings is 1. The molecule has 0 saturated carbocycles. The molecule has 18 heavy (non-hydrogen) atoms. The van der Waals surface area contributed by atoms with Crippen molar-refractivity contribution in [1.29, 1.82) is 0 Å². The molecule has 0 bridgehead atoms. The van der Waals surface area contributed by atoms with E-state index in [9.17, 15) is 4.79 Å². The van der Waals surface area contributed by atoms with Crippen molar-refractivity contribution in [3.63, 3.8) is 0 Å². The molecule has 3 N–H and O–H groups in total. The van der Waals surface area contributed by atoms with Crippen LogP contribution in [0.5, 0.6) is 0 Å². The van der Waals surface area contributed by atoms with E-state index >= 15 is 0 Å². The lowest BCUT2D eigenvalue weighted by Crippen LogP contribution is -2.38. The van der Waals surface area contributed by atoms with Crippen LogP contribution in [0.2, 0.25) is 0 Å². The summed E-state index contributed by atoms with van der Waals surface area (Å²) in [4.78, 5) is 14.3. The van der Waals surface area contributed by atoms with Gasteiger partial charge in [0, 0.05) is 22.7 Å². The van der Waals surface area contributed by atoms with Gasteiger partial charge in [-0.2, -0.15) is 0 Å². The van der Waals surface area contributed by atoms with Gasteiger partial charge in [-0.25, -0.2) is 0 Å². The number of hydrogen-bond acceptors (Lipinski definition) is 3. The number of amides is 1. The Labute approximate surface area is 116 Å². The number of likely N-dealkylation sites (N-methyl/N-ethyl adjacent to an activating group) is 1. The zero-order valence-electron chi connectivity index (χ0n) is 10.4. The number of rotatable bonds is 3. The van der Waals surface area contributed by atoms with Crippen molar-refractivity contribution >= 4 is 27.5 Å². The average Bonchev–Trinajstić information content (AvgIpc) is 2.72. The molecule has 1 unspecified atom stereocenters. The molecule has 98 valence electrons. The van der Waals surface area contributed by atoms with Crippen molar-refractivity contribution in [3.05, 3.63) is 28.2 Å². The number of nitrogen functional groups attached to an aromatic ring is 1. The van der Waals surface area contributed by atoms with Crippen LogP contribution in [0.1, 0.15) is 23.2 Å². The zero-order valence-corrected chi connectivity index (χ0v) is 12.0. The second-order valence-electron chi connectivity index (χ2n) is 4.72. The summed E-state index contributed by atoms with van der Waals surface area (Å²) >= 11 is 3.33. The van der Waals surface area contributed by atoms with Crippen LogP contribution in [0.3, 0.4) is 0 Å². The Morgan fingerprint density at radius 1 is 1.61 bits per heavy atom. The van der Waals surface area contributed by atoms with Crippen LogP contribution in [0.15, 0.2) is 22.7 Å². The van der Waals surface area contributed by atoms with E-state index in [1.807, 2.05) is 6.07 Å². The number of nitrogens with zero attached hydrogens (tertiary/aromatic N) is 1. The van der Waals surface area contributed by atoms with Crippen molar-refractivity contribution in [2.45, 2.75) is 18.9 Å². The molecule has 1 aliphatic heterocycles. The molecule has 4 nitrogen and oxygen atoms in total. The molecular weight excluding hydrogens is 294 g/mol. The third kappa shape index (κ3) is 3.03. The fraction of sp³-hybridized carbons (Fsp3) is 0.462. The summed E-state index contributed by atoms with van der Waals surface area (Å²) in [7, 11) is 2.10. The van der Waals surface area contributed by atoms with Crippen LogP contribution in [0.25, 0.3) is 0 Å². The molecule has 1 aromatic carbocycles. The van der Waals surface area contributed by atoms with E-state index in [1.165, 1.54) is 6.42 Å². The Kier molecular flexibility index (Phi) is 4.24. The number of carbonyl (C=O) groups is 1. The SMILES string of the molecule is CN1CCCC1CNC(=O)c1ccc(Br)cc1N. The van der Waals surface area contributed by atoms with Crippen molar-refractivity contribution in [2.75, 3.05) is 25.9 Å². The Hall–Kier alpha value is -1.07. The summed E-state index contributed by atoms with van der Waals surface area (Å²) < 4.78 is 0.882. The van der Waals surface area contributed by atoms with Crippen LogP contribution in [-0.4, -0.2) is 37.0 Å². The molecule has 0 spiro atoms. The lowest BCUT2D eigenvalue weighted by Gasteiger charge is -2.19. The van der Waals surface area contributed by atoms with Gasteiger partial charge in [-0.15, -0.1) is 0 Å². The smallest absolute Gasteiger partial charge is 0.253 e. The zero-order chi connectivity index (χ0) is 13.1. The van der Waals surface area contributed by atoms with Gasteiger partial charge in [0.15, 0.2) is 0 Å². The van der Waals surface area contributed by atoms with E-state index in [0.29, 0.717) is 23.8 Å².